The van der Waals surface area contributed by atoms with Gasteiger partial charge in [-0.25, -0.2) is 0 Å². The van der Waals surface area contributed by atoms with Crippen molar-refractivity contribution in [2.24, 2.45) is 0 Å². The quantitative estimate of drug-likeness (QED) is 0.761. The SMILES string of the molecule is Cc1cc(Cl)c(C(=O)C2COCCO2)cc1C. The molecule has 0 radical (unpaired) electrons. The predicted octanol–water partition coefficient (Wildman–Crippen LogP) is 2.55. The molecule has 92 valence electrons. The molecule has 0 saturated carbocycles. The standard InChI is InChI=1S/C13H15ClO3/c1-8-5-10(11(14)6-9(8)2)13(15)12-7-16-3-4-17-12/h5-6,12H,3-4,7H2,1-2H3. The van der Waals surface area contributed by atoms with Crippen LogP contribution in [0.15, 0.2) is 12.1 Å². The zero-order chi connectivity index (χ0) is 12.4. The van der Waals surface area contributed by atoms with Gasteiger partial charge in [0.05, 0.1) is 24.8 Å². The normalized spacial score (nSPS) is 20.3. The van der Waals surface area contributed by atoms with Crippen LogP contribution in [0.4, 0.5) is 0 Å². The molecule has 1 aliphatic heterocycles. The lowest BCUT2D eigenvalue weighted by atomic mass is 10.0. The van der Waals surface area contributed by atoms with Crippen LogP contribution in [0.3, 0.4) is 0 Å². The van der Waals surface area contributed by atoms with Crippen LogP contribution in [-0.4, -0.2) is 31.7 Å². The van der Waals surface area contributed by atoms with Crippen LogP contribution in [-0.2, 0) is 9.47 Å². The Bertz CT molecular complexity index is 437. The van der Waals surface area contributed by atoms with Gasteiger partial charge >= 0.3 is 0 Å². The Morgan fingerprint density at radius 1 is 1.29 bits per heavy atom. The molecule has 1 saturated heterocycles. The van der Waals surface area contributed by atoms with Crippen molar-refractivity contribution < 1.29 is 14.3 Å². The molecule has 0 bridgehead atoms. The highest BCUT2D eigenvalue weighted by Crippen LogP contribution is 2.23. The van der Waals surface area contributed by atoms with Gasteiger partial charge in [-0.3, -0.25) is 4.79 Å². The third-order valence-corrected chi connectivity index (χ3v) is 3.27. The molecule has 1 unspecified atom stereocenters. The Morgan fingerprint density at radius 3 is 2.65 bits per heavy atom. The van der Waals surface area contributed by atoms with Crippen LogP contribution in [0.2, 0.25) is 5.02 Å². The molecule has 0 aliphatic carbocycles. The summed E-state index contributed by atoms with van der Waals surface area (Å²) in [5.74, 6) is -0.0993. The first-order valence-corrected chi connectivity index (χ1v) is 5.97. The molecule has 2 rings (SSSR count). The first kappa shape index (κ1) is 12.6. The maximum absolute atomic E-state index is 12.2. The molecule has 0 amide bonds. The van der Waals surface area contributed by atoms with E-state index >= 15 is 0 Å². The van der Waals surface area contributed by atoms with E-state index < -0.39 is 6.10 Å². The van der Waals surface area contributed by atoms with E-state index in [0.29, 0.717) is 30.4 Å². The van der Waals surface area contributed by atoms with E-state index in [9.17, 15) is 4.79 Å². The number of benzene rings is 1. The van der Waals surface area contributed by atoms with Gasteiger partial charge in [-0.15, -0.1) is 0 Å². The Balaban J connectivity index is 2.26. The maximum atomic E-state index is 12.2. The molecule has 1 aromatic rings. The van der Waals surface area contributed by atoms with Gasteiger partial charge in [0.15, 0.2) is 5.78 Å². The average molecular weight is 255 g/mol. The molecule has 1 atom stereocenters. The summed E-state index contributed by atoms with van der Waals surface area (Å²) in [4.78, 5) is 12.2. The number of hydrogen-bond acceptors (Lipinski definition) is 3. The molecule has 3 nitrogen and oxygen atoms in total. The van der Waals surface area contributed by atoms with E-state index in [2.05, 4.69) is 0 Å². The summed E-state index contributed by atoms with van der Waals surface area (Å²) in [6.07, 6.45) is -0.525. The smallest absolute Gasteiger partial charge is 0.195 e. The van der Waals surface area contributed by atoms with E-state index in [1.165, 1.54) is 0 Å². The predicted molar refractivity (Wildman–Crippen MR) is 65.8 cm³/mol. The largest absolute Gasteiger partial charge is 0.376 e. The number of halogens is 1. The fourth-order valence-corrected chi connectivity index (χ4v) is 2.09. The molecule has 1 fully saturated rings. The van der Waals surface area contributed by atoms with Gasteiger partial charge in [0.1, 0.15) is 6.10 Å². The minimum Gasteiger partial charge on any atom is -0.376 e. The molecule has 0 spiro atoms. The fraction of sp³-hybridized carbons (Fsp3) is 0.462. The van der Waals surface area contributed by atoms with Crippen molar-refractivity contribution in [1.29, 1.82) is 0 Å². The highest BCUT2D eigenvalue weighted by molar-refractivity contribution is 6.34. The molecular formula is C13H15ClO3. The van der Waals surface area contributed by atoms with E-state index in [-0.39, 0.29) is 5.78 Å². The second-order valence-corrected chi connectivity index (χ2v) is 4.62. The summed E-state index contributed by atoms with van der Waals surface area (Å²) in [5, 5.41) is 0.479. The first-order chi connectivity index (χ1) is 8.09. The van der Waals surface area contributed by atoms with Crippen molar-refractivity contribution >= 4 is 17.4 Å². The minimum absolute atomic E-state index is 0.0993. The maximum Gasteiger partial charge on any atom is 0.195 e. The van der Waals surface area contributed by atoms with Gasteiger partial charge in [0.25, 0.3) is 0 Å². The van der Waals surface area contributed by atoms with Gasteiger partial charge in [-0.05, 0) is 37.1 Å². The number of Topliss-reactive ketones (excluding diaryl/α,β-unsaturated/α-hetero) is 1. The summed E-state index contributed by atoms with van der Waals surface area (Å²) in [6, 6.07) is 3.63. The van der Waals surface area contributed by atoms with Crippen LogP contribution >= 0.6 is 11.6 Å². The number of aryl methyl sites for hydroxylation is 2. The topological polar surface area (TPSA) is 35.5 Å². The van der Waals surface area contributed by atoms with Crippen molar-refractivity contribution in [3.63, 3.8) is 0 Å². The number of ketones is 1. The van der Waals surface area contributed by atoms with Crippen molar-refractivity contribution in [3.05, 3.63) is 33.8 Å². The zero-order valence-corrected chi connectivity index (χ0v) is 10.7. The number of rotatable bonds is 2. The minimum atomic E-state index is -0.525. The lowest BCUT2D eigenvalue weighted by Crippen LogP contribution is -2.35. The van der Waals surface area contributed by atoms with Crippen molar-refractivity contribution in [2.45, 2.75) is 20.0 Å². The number of ether oxygens (including phenoxy) is 2. The average Bonchev–Trinajstić information content (AvgIpc) is 2.34. The first-order valence-electron chi connectivity index (χ1n) is 5.60. The van der Waals surface area contributed by atoms with E-state index in [1.807, 2.05) is 26.0 Å². The van der Waals surface area contributed by atoms with Crippen LogP contribution < -0.4 is 0 Å². The molecule has 1 heterocycles. The highest BCUT2D eigenvalue weighted by atomic mass is 35.5. The van der Waals surface area contributed by atoms with Gasteiger partial charge in [0, 0.05) is 5.56 Å². The highest BCUT2D eigenvalue weighted by Gasteiger charge is 2.25. The molecule has 1 aromatic carbocycles. The molecule has 0 aromatic heterocycles. The van der Waals surface area contributed by atoms with Crippen LogP contribution in [0.25, 0.3) is 0 Å². The summed E-state index contributed by atoms with van der Waals surface area (Å²) in [5.41, 5.74) is 2.65. The Labute approximate surface area is 106 Å². The lowest BCUT2D eigenvalue weighted by molar-refractivity contribution is -0.0719. The summed E-state index contributed by atoms with van der Waals surface area (Å²) >= 11 is 6.10. The van der Waals surface area contributed by atoms with E-state index in [4.69, 9.17) is 21.1 Å². The third kappa shape index (κ3) is 2.68. The fourth-order valence-electron chi connectivity index (χ4n) is 1.78. The summed E-state index contributed by atoms with van der Waals surface area (Å²) in [7, 11) is 0. The molecule has 1 aliphatic rings. The summed E-state index contributed by atoms with van der Waals surface area (Å²) in [6.45, 7) is 5.24. The van der Waals surface area contributed by atoms with Gasteiger partial charge < -0.3 is 9.47 Å². The third-order valence-electron chi connectivity index (χ3n) is 2.96. The van der Waals surface area contributed by atoms with Crippen LogP contribution in [0.5, 0.6) is 0 Å². The monoisotopic (exact) mass is 254 g/mol. The van der Waals surface area contributed by atoms with Crippen molar-refractivity contribution in [1.82, 2.24) is 0 Å². The van der Waals surface area contributed by atoms with E-state index in [1.54, 1.807) is 0 Å². The summed E-state index contributed by atoms with van der Waals surface area (Å²) < 4.78 is 10.6. The van der Waals surface area contributed by atoms with Gasteiger partial charge in [0.2, 0.25) is 0 Å². The lowest BCUT2D eigenvalue weighted by Gasteiger charge is -2.22. The van der Waals surface area contributed by atoms with Crippen molar-refractivity contribution in [3.8, 4) is 0 Å². The second kappa shape index (κ2) is 5.17. The Hall–Kier alpha value is -0.900. The zero-order valence-electron chi connectivity index (χ0n) is 9.96. The van der Waals surface area contributed by atoms with Crippen LogP contribution in [0, 0.1) is 13.8 Å². The Kier molecular flexibility index (Phi) is 3.82. The molecular weight excluding hydrogens is 240 g/mol. The van der Waals surface area contributed by atoms with Gasteiger partial charge in [-0.1, -0.05) is 11.6 Å². The van der Waals surface area contributed by atoms with Crippen molar-refractivity contribution in [2.75, 3.05) is 19.8 Å². The van der Waals surface area contributed by atoms with Gasteiger partial charge in [-0.2, -0.15) is 0 Å². The second-order valence-electron chi connectivity index (χ2n) is 4.21. The molecule has 0 N–H and O–H groups in total. The Morgan fingerprint density at radius 2 is 2.00 bits per heavy atom. The van der Waals surface area contributed by atoms with E-state index in [0.717, 1.165) is 11.1 Å². The number of carbonyl (C=O) groups excluding carboxylic acids is 1. The molecule has 4 heteroatoms. The molecule has 17 heavy (non-hydrogen) atoms. The van der Waals surface area contributed by atoms with Crippen LogP contribution in [0.1, 0.15) is 21.5 Å². The number of carbonyl (C=O) groups is 1. The number of hydrogen-bond donors (Lipinski definition) is 0.